The van der Waals surface area contributed by atoms with Crippen LogP contribution in [0, 0.1) is 18.7 Å². The number of benzene rings is 2. The Hall–Kier alpha value is -3.15. The Balaban J connectivity index is 1.30. The molecular formula is C27H30FN5O3S2. The summed E-state index contributed by atoms with van der Waals surface area (Å²) in [6, 6.07) is 12.8. The summed E-state index contributed by atoms with van der Waals surface area (Å²) in [4.78, 5) is 18.0. The second-order valence-corrected chi connectivity index (χ2v) is 13.6. The minimum Gasteiger partial charge on any atom is -0.310 e. The molecular weight excluding hydrogens is 525 g/mol. The highest BCUT2D eigenvalue weighted by Gasteiger charge is 2.32. The van der Waals surface area contributed by atoms with Gasteiger partial charge in [-0.25, -0.2) is 17.8 Å². The predicted molar refractivity (Wildman–Crippen MR) is 147 cm³/mol. The van der Waals surface area contributed by atoms with E-state index in [0.29, 0.717) is 23.8 Å². The molecule has 0 atom stereocenters. The lowest BCUT2D eigenvalue weighted by Crippen LogP contribution is -2.41. The van der Waals surface area contributed by atoms with E-state index in [9.17, 15) is 17.6 Å². The third-order valence-electron chi connectivity index (χ3n) is 6.78. The molecule has 0 saturated carbocycles. The highest BCUT2D eigenvalue weighted by Crippen LogP contribution is 2.32. The number of piperidine rings is 1. The SMILES string of the molecule is Cc1cc(NC(=O)C2CCN(S(=O)(=O)c3ccc(F)cc3)CC2)n(-c2nc3ccc(C(C)(C)C)cc3s2)n1. The van der Waals surface area contributed by atoms with Crippen LogP contribution in [0.5, 0.6) is 0 Å². The summed E-state index contributed by atoms with van der Waals surface area (Å²) in [5.41, 5.74) is 2.86. The number of carbonyl (C=O) groups excluding carboxylic acids is 1. The summed E-state index contributed by atoms with van der Waals surface area (Å²) in [6.45, 7) is 8.79. The Bertz CT molecular complexity index is 1600. The topological polar surface area (TPSA) is 97.2 Å². The van der Waals surface area contributed by atoms with Crippen molar-refractivity contribution in [3.8, 4) is 5.13 Å². The van der Waals surface area contributed by atoms with Crippen LogP contribution in [-0.4, -0.2) is 46.5 Å². The zero-order valence-electron chi connectivity index (χ0n) is 21.7. The fourth-order valence-electron chi connectivity index (χ4n) is 4.55. The van der Waals surface area contributed by atoms with Crippen LogP contribution in [0.2, 0.25) is 0 Å². The van der Waals surface area contributed by atoms with E-state index in [-0.39, 0.29) is 35.2 Å². The number of aromatic nitrogens is 3. The van der Waals surface area contributed by atoms with Gasteiger partial charge in [-0.15, -0.1) is 0 Å². The van der Waals surface area contributed by atoms with Gasteiger partial charge in [-0.05, 0) is 67.1 Å². The van der Waals surface area contributed by atoms with Crippen LogP contribution in [-0.2, 0) is 20.2 Å². The smallest absolute Gasteiger partial charge is 0.243 e. The van der Waals surface area contributed by atoms with Crippen LogP contribution in [0.1, 0.15) is 44.9 Å². The van der Waals surface area contributed by atoms with Crippen LogP contribution in [0.3, 0.4) is 0 Å². The van der Waals surface area contributed by atoms with Gasteiger partial charge in [0.1, 0.15) is 11.6 Å². The fraction of sp³-hybridized carbons (Fsp3) is 0.370. The van der Waals surface area contributed by atoms with Gasteiger partial charge < -0.3 is 5.32 Å². The zero-order valence-corrected chi connectivity index (χ0v) is 23.4. The number of rotatable bonds is 5. The summed E-state index contributed by atoms with van der Waals surface area (Å²) in [5, 5.41) is 8.22. The van der Waals surface area contributed by atoms with E-state index >= 15 is 0 Å². The Labute approximate surface area is 225 Å². The van der Waals surface area contributed by atoms with E-state index in [1.54, 1.807) is 10.7 Å². The van der Waals surface area contributed by atoms with Crippen molar-refractivity contribution in [2.75, 3.05) is 18.4 Å². The molecule has 1 aliphatic heterocycles. The van der Waals surface area contributed by atoms with Crippen LogP contribution in [0.25, 0.3) is 15.3 Å². The minimum absolute atomic E-state index is 0.0215. The molecule has 1 amide bonds. The summed E-state index contributed by atoms with van der Waals surface area (Å²) in [5.74, 6) is -0.484. The van der Waals surface area contributed by atoms with Gasteiger partial charge in [0.2, 0.25) is 21.1 Å². The Morgan fingerprint density at radius 1 is 1.08 bits per heavy atom. The van der Waals surface area contributed by atoms with Crippen molar-refractivity contribution in [1.82, 2.24) is 19.1 Å². The number of hydrogen-bond donors (Lipinski definition) is 1. The Kier molecular flexibility index (Phi) is 6.87. The van der Waals surface area contributed by atoms with E-state index in [4.69, 9.17) is 4.98 Å². The zero-order chi connectivity index (χ0) is 27.2. The van der Waals surface area contributed by atoms with Gasteiger partial charge in [0.15, 0.2) is 0 Å². The lowest BCUT2D eigenvalue weighted by Gasteiger charge is -2.30. The average molecular weight is 556 g/mol. The minimum atomic E-state index is -3.74. The molecule has 5 rings (SSSR count). The van der Waals surface area contributed by atoms with E-state index in [1.807, 2.05) is 13.0 Å². The highest BCUT2D eigenvalue weighted by molar-refractivity contribution is 7.89. The number of nitrogens with one attached hydrogen (secondary N) is 1. The number of thiazole rings is 1. The molecule has 0 aliphatic carbocycles. The first-order chi connectivity index (χ1) is 17.9. The highest BCUT2D eigenvalue weighted by atomic mass is 32.2. The van der Waals surface area contributed by atoms with E-state index in [0.717, 1.165) is 28.0 Å². The second-order valence-electron chi connectivity index (χ2n) is 10.6. The number of aryl methyl sites for hydroxylation is 1. The summed E-state index contributed by atoms with van der Waals surface area (Å²) in [6.07, 6.45) is 0.770. The van der Waals surface area contributed by atoms with Gasteiger partial charge in [0.05, 0.1) is 20.8 Å². The number of halogens is 1. The van der Waals surface area contributed by atoms with Crippen molar-refractivity contribution in [1.29, 1.82) is 0 Å². The standard InChI is InChI=1S/C27H30FN5O3S2/c1-17-15-24(33(31-17)26-29-22-10-5-19(27(2,3)4)16-23(22)37-26)30-25(34)18-11-13-32(14-12-18)38(35,36)21-8-6-20(28)7-9-21/h5-10,15-16,18H,11-14H2,1-4H3,(H,30,34). The Morgan fingerprint density at radius 2 is 1.76 bits per heavy atom. The molecule has 1 aliphatic rings. The lowest BCUT2D eigenvalue weighted by molar-refractivity contribution is -0.120. The number of carbonyl (C=O) groups is 1. The van der Waals surface area contributed by atoms with Crippen LogP contribution in [0.15, 0.2) is 53.4 Å². The van der Waals surface area contributed by atoms with Gasteiger partial charge in [0.25, 0.3) is 0 Å². The van der Waals surface area contributed by atoms with Crippen molar-refractivity contribution in [3.05, 3.63) is 65.6 Å². The quantitative estimate of drug-likeness (QED) is 0.362. The molecule has 1 saturated heterocycles. The number of fused-ring (bicyclic) bond motifs is 1. The summed E-state index contributed by atoms with van der Waals surface area (Å²) < 4.78 is 43.1. The number of anilines is 1. The molecule has 2 aromatic carbocycles. The third kappa shape index (κ3) is 5.23. The lowest BCUT2D eigenvalue weighted by atomic mass is 9.87. The van der Waals surface area contributed by atoms with Crippen molar-refractivity contribution in [2.45, 2.75) is 50.8 Å². The molecule has 11 heteroatoms. The van der Waals surface area contributed by atoms with Crippen LogP contribution >= 0.6 is 11.3 Å². The molecule has 200 valence electrons. The molecule has 38 heavy (non-hydrogen) atoms. The summed E-state index contributed by atoms with van der Waals surface area (Å²) >= 11 is 1.51. The number of sulfonamides is 1. The molecule has 3 heterocycles. The first-order valence-electron chi connectivity index (χ1n) is 12.5. The number of hydrogen-bond acceptors (Lipinski definition) is 6. The third-order valence-corrected chi connectivity index (χ3v) is 9.69. The maximum absolute atomic E-state index is 13.2. The normalized spacial score (nSPS) is 15.7. The van der Waals surface area contributed by atoms with Gasteiger partial charge in [-0.2, -0.15) is 14.1 Å². The average Bonchev–Trinajstić information content (AvgIpc) is 3.46. The maximum Gasteiger partial charge on any atom is 0.243 e. The molecule has 1 fully saturated rings. The monoisotopic (exact) mass is 555 g/mol. The molecule has 0 bridgehead atoms. The van der Waals surface area contributed by atoms with Gasteiger partial charge >= 0.3 is 0 Å². The van der Waals surface area contributed by atoms with E-state index in [1.165, 1.54) is 33.3 Å². The molecule has 4 aromatic rings. The van der Waals surface area contributed by atoms with Crippen LogP contribution in [0.4, 0.5) is 10.2 Å². The first kappa shape index (κ1) is 26.5. The van der Waals surface area contributed by atoms with Gasteiger partial charge in [-0.1, -0.05) is 38.2 Å². The fourth-order valence-corrected chi connectivity index (χ4v) is 6.99. The first-order valence-corrected chi connectivity index (χ1v) is 14.7. The molecule has 0 spiro atoms. The van der Waals surface area contributed by atoms with E-state index < -0.39 is 15.8 Å². The number of amides is 1. The predicted octanol–water partition coefficient (Wildman–Crippen LogP) is 5.27. The van der Waals surface area contributed by atoms with Crippen molar-refractivity contribution in [3.63, 3.8) is 0 Å². The number of nitrogens with zero attached hydrogens (tertiary/aromatic N) is 4. The van der Waals surface area contributed by atoms with Crippen LogP contribution < -0.4 is 5.32 Å². The molecule has 2 aromatic heterocycles. The van der Waals surface area contributed by atoms with Gasteiger partial charge in [-0.3, -0.25) is 4.79 Å². The summed E-state index contributed by atoms with van der Waals surface area (Å²) in [7, 11) is -3.74. The molecule has 0 radical (unpaired) electrons. The molecule has 1 N–H and O–H groups in total. The van der Waals surface area contributed by atoms with Crippen molar-refractivity contribution in [2.24, 2.45) is 5.92 Å². The van der Waals surface area contributed by atoms with E-state index in [2.05, 4.69) is 43.3 Å². The van der Waals surface area contributed by atoms with Crippen molar-refractivity contribution < 1.29 is 17.6 Å². The maximum atomic E-state index is 13.2. The van der Waals surface area contributed by atoms with Gasteiger partial charge in [0, 0.05) is 25.1 Å². The Morgan fingerprint density at radius 3 is 2.42 bits per heavy atom. The second kappa shape index (κ2) is 9.87. The largest absolute Gasteiger partial charge is 0.310 e. The van der Waals surface area contributed by atoms with Crippen molar-refractivity contribution >= 4 is 43.3 Å². The molecule has 0 unspecified atom stereocenters. The molecule has 8 nitrogen and oxygen atoms in total.